The van der Waals surface area contributed by atoms with Gasteiger partial charge in [-0.1, -0.05) is 17.7 Å². The fourth-order valence-electron chi connectivity index (χ4n) is 2.43. The highest BCUT2D eigenvalue weighted by Crippen LogP contribution is 2.31. The zero-order valence-electron chi connectivity index (χ0n) is 14.7. The molecule has 0 radical (unpaired) electrons. The van der Waals surface area contributed by atoms with Crippen LogP contribution in [0.3, 0.4) is 0 Å². The van der Waals surface area contributed by atoms with Crippen LogP contribution < -0.4 is 20.1 Å². The lowest BCUT2D eigenvalue weighted by atomic mass is 10.2. The monoisotopic (exact) mass is 370 g/mol. The van der Waals surface area contributed by atoms with Crippen LogP contribution in [0, 0.1) is 6.92 Å². The number of nitrogens with zero attached hydrogens (tertiary/aromatic N) is 2. The number of aryl methyl sites for hydroxylation is 1. The van der Waals surface area contributed by atoms with Crippen LogP contribution in [0.4, 0.5) is 23.1 Å². The number of anilines is 4. The molecule has 7 heteroatoms. The van der Waals surface area contributed by atoms with Crippen molar-refractivity contribution < 1.29 is 9.47 Å². The Labute approximate surface area is 157 Å². The quantitative estimate of drug-likeness (QED) is 0.640. The van der Waals surface area contributed by atoms with E-state index >= 15 is 0 Å². The van der Waals surface area contributed by atoms with Gasteiger partial charge in [0, 0.05) is 28.5 Å². The van der Waals surface area contributed by atoms with Crippen LogP contribution in [0.25, 0.3) is 0 Å². The molecule has 0 amide bonds. The predicted molar refractivity (Wildman–Crippen MR) is 104 cm³/mol. The summed E-state index contributed by atoms with van der Waals surface area (Å²) in [5.41, 5.74) is 2.38. The zero-order valence-corrected chi connectivity index (χ0v) is 15.5. The summed E-state index contributed by atoms with van der Waals surface area (Å²) in [4.78, 5) is 8.93. The molecule has 6 nitrogen and oxygen atoms in total. The van der Waals surface area contributed by atoms with Gasteiger partial charge in [-0.05, 0) is 37.3 Å². The number of hydrogen-bond donors (Lipinski definition) is 2. The Balaban J connectivity index is 1.88. The topological polar surface area (TPSA) is 68.3 Å². The van der Waals surface area contributed by atoms with Crippen LogP contribution in [0.5, 0.6) is 11.5 Å². The summed E-state index contributed by atoms with van der Waals surface area (Å²) in [7, 11) is 3.23. The largest absolute Gasteiger partial charge is 0.497 e. The van der Waals surface area contributed by atoms with Gasteiger partial charge in [0.1, 0.15) is 17.3 Å². The highest BCUT2D eigenvalue weighted by atomic mass is 35.5. The second-order valence-electron chi connectivity index (χ2n) is 5.54. The van der Waals surface area contributed by atoms with Crippen molar-refractivity contribution in [1.82, 2.24) is 9.97 Å². The van der Waals surface area contributed by atoms with Gasteiger partial charge in [0.25, 0.3) is 0 Å². The van der Waals surface area contributed by atoms with E-state index in [0.29, 0.717) is 22.5 Å². The van der Waals surface area contributed by atoms with Gasteiger partial charge in [-0.15, -0.1) is 0 Å². The van der Waals surface area contributed by atoms with Gasteiger partial charge < -0.3 is 20.1 Å². The molecule has 0 saturated carbocycles. The lowest BCUT2D eigenvalue weighted by Gasteiger charge is -2.13. The summed E-state index contributed by atoms with van der Waals surface area (Å²) in [5, 5.41) is 7.06. The van der Waals surface area contributed by atoms with E-state index in [1.807, 2.05) is 55.5 Å². The van der Waals surface area contributed by atoms with Crippen molar-refractivity contribution in [1.29, 1.82) is 0 Å². The van der Waals surface area contributed by atoms with Crippen molar-refractivity contribution in [3.63, 3.8) is 0 Å². The van der Waals surface area contributed by atoms with Crippen molar-refractivity contribution in [3.05, 3.63) is 59.2 Å². The first-order valence-electron chi connectivity index (χ1n) is 7.94. The SMILES string of the molecule is COc1ccc(OC)c(Nc2cc(C)nc(Nc3cccc(Cl)c3)n2)c1. The van der Waals surface area contributed by atoms with Crippen molar-refractivity contribution in [3.8, 4) is 11.5 Å². The fourth-order valence-corrected chi connectivity index (χ4v) is 2.62. The van der Waals surface area contributed by atoms with E-state index in [9.17, 15) is 0 Å². The number of methoxy groups -OCH3 is 2. The first-order valence-corrected chi connectivity index (χ1v) is 8.32. The maximum atomic E-state index is 6.02. The van der Waals surface area contributed by atoms with Crippen molar-refractivity contribution in [2.24, 2.45) is 0 Å². The van der Waals surface area contributed by atoms with E-state index in [2.05, 4.69) is 20.6 Å². The molecule has 3 aromatic rings. The number of benzene rings is 2. The van der Waals surface area contributed by atoms with Crippen LogP contribution in [0.2, 0.25) is 5.02 Å². The predicted octanol–water partition coefficient (Wildman–Crippen LogP) is 4.94. The van der Waals surface area contributed by atoms with Crippen LogP contribution in [0.15, 0.2) is 48.5 Å². The van der Waals surface area contributed by atoms with Gasteiger partial charge in [0.15, 0.2) is 0 Å². The molecule has 0 fully saturated rings. The van der Waals surface area contributed by atoms with Crippen molar-refractivity contribution in [2.75, 3.05) is 24.9 Å². The third-order valence-electron chi connectivity index (χ3n) is 3.60. The van der Waals surface area contributed by atoms with Gasteiger partial charge in [0.2, 0.25) is 5.95 Å². The summed E-state index contributed by atoms with van der Waals surface area (Å²) < 4.78 is 10.7. The van der Waals surface area contributed by atoms with E-state index in [1.165, 1.54) is 0 Å². The molecular formula is C19H19ClN4O2. The van der Waals surface area contributed by atoms with E-state index in [4.69, 9.17) is 21.1 Å². The molecule has 26 heavy (non-hydrogen) atoms. The summed E-state index contributed by atoms with van der Waals surface area (Å²) in [6.45, 7) is 1.90. The maximum Gasteiger partial charge on any atom is 0.229 e. The van der Waals surface area contributed by atoms with Crippen molar-refractivity contribution in [2.45, 2.75) is 6.92 Å². The minimum atomic E-state index is 0.469. The standard InChI is InChI=1S/C19H19ClN4O2/c1-12-9-18(23-16-11-15(25-2)7-8-17(16)26-3)24-19(21-12)22-14-6-4-5-13(20)10-14/h4-11H,1-3H3,(H2,21,22,23,24). The molecule has 0 spiro atoms. The Morgan fingerprint density at radius 3 is 2.50 bits per heavy atom. The Bertz CT molecular complexity index is 918. The van der Waals surface area contributed by atoms with Gasteiger partial charge in [-0.3, -0.25) is 0 Å². The third-order valence-corrected chi connectivity index (χ3v) is 3.84. The second kappa shape index (κ2) is 7.93. The molecule has 0 unspecified atom stereocenters. The fraction of sp³-hybridized carbons (Fsp3) is 0.158. The molecule has 0 aliphatic heterocycles. The minimum Gasteiger partial charge on any atom is -0.497 e. The first-order chi connectivity index (χ1) is 12.6. The van der Waals surface area contributed by atoms with Crippen LogP contribution in [-0.4, -0.2) is 24.2 Å². The highest BCUT2D eigenvalue weighted by Gasteiger charge is 2.09. The van der Waals surface area contributed by atoms with Gasteiger partial charge in [0.05, 0.1) is 19.9 Å². The molecule has 2 aromatic carbocycles. The molecule has 0 aliphatic carbocycles. The molecule has 0 saturated heterocycles. The van der Waals surface area contributed by atoms with Gasteiger partial charge >= 0.3 is 0 Å². The Morgan fingerprint density at radius 1 is 0.923 bits per heavy atom. The smallest absolute Gasteiger partial charge is 0.229 e. The maximum absolute atomic E-state index is 6.02. The summed E-state index contributed by atoms with van der Waals surface area (Å²) in [5.74, 6) is 2.51. The van der Waals surface area contributed by atoms with Crippen LogP contribution >= 0.6 is 11.6 Å². The van der Waals surface area contributed by atoms with Crippen LogP contribution in [0.1, 0.15) is 5.69 Å². The Kier molecular flexibility index (Phi) is 5.43. The zero-order chi connectivity index (χ0) is 18.5. The minimum absolute atomic E-state index is 0.469. The summed E-state index contributed by atoms with van der Waals surface area (Å²) >= 11 is 6.02. The second-order valence-corrected chi connectivity index (χ2v) is 5.98. The molecule has 3 rings (SSSR count). The average molecular weight is 371 g/mol. The lowest BCUT2D eigenvalue weighted by Crippen LogP contribution is -2.03. The highest BCUT2D eigenvalue weighted by molar-refractivity contribution is 6.30. The molecule has 0 aliphatic rings. The normalized spacial score (nSPS) is 10.3. The summed E-state index contributed by atoms with van der Waals surface area (Å²) in [6.07, 6.45) is 0. The number of aromatic nitrogens is 2. The number of rotatable bonds is 6. The molecule has 134 valence electrons. The molecule has 2 N–H and O–H groups in total. The number of nitrogens with one attached hydrogen (secondary N) is 2. The number of hydrogen-bond acceptors (Lipinski definition) is 6. The van der Waals surface area contributed by atoms with E-state index in [0.717, 1.165) is 22.8 Å². The first kappa shape index (κ1) is 17.8. The number of ether oxygens (including phenoxy) is 2. The lowest BCUT2D eigenvalue weighted by molar-refractivity contribution is 0.405. The third kappa shape index (κ3) is 4.34. The Morgan fingerprint density at radius 2 is 1.77 bits per heavy atom. The van der Waals surface area contributed by atoms with E-state index in [-0.39, 0.29) is 0 Å². The van der Waals surface area contributed by atoms with Gasteiger partial charge in [-0.2, -0.15) is 4.98 Å². The molecule has 0 bridgehead atoms. The Hall–Kier alpha value is -2.99. The summed E-state index contributed by atoms with van der Waals surface area (Å²) in [6, 6.07) is 14.7. The van der Waals surface area contributed by atoms with E-state index in [1.54, 1.807) is 14.2 Å². The molecule has 1 aromatic heterocycles. The average Bonchev–Trinajstić information content (AvgIpc) is 2.61. The van der Waals surface area contributed by atoms with Crippen molar-refractivity contribution >= 4 is 34.7 Å². The molecule has 1 heterocycles. The van der Waals surface area contributed by atoms with E-state index < -0.39 is 0 Å². The van der Waals surface area contributed by atoms with Crippen LogP contribution in [-0.2, 0) is 0 Å². The van der Waals surface area contributed by atoms with Gasteiger partial charge in [-0.25, -0.2) is 4.98 Å². The molecule has 0 atom stereocenters. The molecular weight excluding hydrogens is 352 g/mol. The number of halogens is 1.